The second kappa shape index (κ2) is 5.13. The smallest absolute Gasteiger partial charge is 0.175 e. The van der Waals surface area contributed by atoms with E-state index in [4.69, 9.17) is 0 Å². The molecule has 1 spiro atoms. The summed E-state index contributed by atoms with van der Waals surface area (Å²) in [6, 6.07) is 7.30. The Morgan fingerprint density at radius 1 is 1.15 bits per heavy atom. The minimum Gasteiger partial charge on any atom is -0.316 e. The number of nitrogens with zero attached hydrogens (tertiary/aromatic N) is 1. The first kappa shape index (κ1) is 14.0. The van der Waals surface area contributed by atoms with Gasteiger partial charge in [0.05, 0.1) is 4.90 Å². The van der Waals surface area contributed by atoms with E-state index in [2.05, 4.69) is 10.2 Å². The van der Waals surface area contributed by atoms with Crippen LogP contribution in [0.25, 0.3) is 0 Å². The standard InChI is InChI=1S/C15H22N2O2S/c1-20(18,19)14-4-2-13(3-5-14)10-17-8-6-15(7-9-17)11-16-12-15/h2-5,16H,6-12H2,1H3. The van der Waals surface area contributed by atoms with Gasteiger partial charge in [-0.05, 0) is 49.0 Å². The molecule has 2 aliphatic heterocycles. The highest BCUT2D eigenvalue weighted by Crippen LogP contribution is 2.35. The molecule has 1 N–H and O–H groups in total. The van der Waals surface area contributed by atoms with E-state index in [1.807, 2.05) is 12.1 Å². The predicted octanol–water partition coefficient (Wildman–Crippen LogP) is 1.28. The van der Waals surface area contributed by atoms with Gasteiger partial charge in [0, 0.05) is 25.9 Å². The zero-order valence-electron chi connectivity index (χ0n) is 11.9. The van der Waals surface area contributed by atoms with Crippen LogP contribution >= 0.6 is 0 Å². The normalized spacial score (nSPS) is 22.6. The Bertz CT molecular complexity index is 566. The maximum Gasteiger partial charge on any atom is 0.175 e. The van der Waals surface area contributed by atoms with E-state index in [0.29, 0.717) is 10.3 Å². The molecule has 110 valence electrons. The van der Waals surface area contributed by atoms with Crippen LogP contribution < -0.4 is 5.32 Å². The van der Waals surface area contributed by atoms with E-state index >= 15 is 0 Å². The molecular weight excluding hydrogens is 272 g/mol. The van der Waals surface area contributed by atoms with Crippen molar-refractivity contribution in [1.82, 2.24) is 10.2 Å². The van der Waals surface area contributed by atoms with E-state index in [-0.39, 0.29) is 0 Å². The van der Waals surface area contributed by atoms with E-state index < -0.39 is 9.84 Å². The molecule has 2 fully saturated rings. The molecular formula is C15H22N2O2S. The summed E-state index contributed by atoms with van der Waals surface area (Å²) in [6.45, 7) is 5.59. The molecule has 1 aromatic rings. The summed E-state index contributed by atoms with van der Waals surface area (Å²) in [6.07, 6.45) is 3.81. The highest BCUT2D eigenvalue weighted by molar-refractivity contribution is 7.90. The Morgan fingerprint density at radius 2 is 1.75 bits per heavy atom. The molecule has 5 heteroatoms. The summed E-state index contributed by atoms with van der Waals surface area (Å²) in [4.78, 5) is 2.87. The number of hydrogen-bond donors (Lipinski definition) is 1. The minimum atomic E-state index is -3.08. The van der Waals surface area contributed by atoms with E-state index in [1.54, 1.807) is 12.1 Å². The maximum atomic E-state index is 11.4. The van der Waals surface area contributed by atoms with Crippen molar-refractivity contribution in [3.05, 3.63) is 29.8 Å². The third-order valence-corrected chi connectivity index (χ3v) is 5.80. The average Bonchev–Trinajstić information content (AvgIpc) is 2.37. The summed E-state index contributed by atoms with van der Waals surface area (Å²) in [5.74, 6) is 0. The molecule has 3 rings (SSSR count). The Kier molecular flexibility index (Phi) is 3.60. The van der Waals surface area contributed by atoms with Gasteiger partial charge in [0.1, 0.15) is 0 Å². The number of rotatable bonds is 3. The number of hydrogen-bond acceptors (Lipinski definition) is 4. The number of likely N-dealkylation sites (tertiary alicyclic amines) is 1. The van der Waals surface area contributed by atoms with Crippen LogP contribution in [0.4, 0.5) is 0 Å². The molecule has 2 saturated heterocycles. The predicted molar refractivity (Wildman–Crippen MR) is 79.4 cm³/mol. The molecule has 2 aliphatic rings. The van der Waals surface area contributed by atoms with Crippen LogP contribution in [0.1, 0.15) is 18.4 Å². The van der Waals surface area contributed by atoms with Crippen molar-refractivity contribution in [3.63, 3.8) is 0 Å². The van der Waals surface area contributed by atoms with Crippen LogP contribution in [0.5, 0.6) is 0 Å². The monoisotopic (exact) mass is 294 g/mol. The quantitative estimate of drug-likeness (QED) is 0.912. The summed E-state index contributed by atoms with van der Waals surface area (Å²) >= 11 is 0. The van der Waals surface area contributed by atoms with Crippen molar-refractivity contribution in [1.29, 1.82) is 0 Å². The number of piperidine rings is 1. The van der Waals surface area contributed by atoms with E-state index in [1.165, 1.54) is 37.8 Å². The van der Waals surface area contributed by atoms with Crippen LogP contribution in [-0.4, -0.2) is 45.8 Å². The molecule has 0 aliphatic carbocycles. The van der Waals surface area contributed by atoms with Gasteiger partial charge in [0.2, 0.25) is 0 Å². The fourth-order valence-corrected chi connectivity index (χ4v) is 3.75. The second-order valence-corrected chi connectivity index (χ2v) is 8.31. The largest absolute Gasteiger partial charge is 0.316 e. The molecule has 0 aromatic heterocycles. The fraction of sp³-hybridized carbons (Fsp3) is 0.600. The lowest BCUT2D eigenvalue weighted by Crippen LogP contribution is -2.58. The molecule has 0 unspecified atom stereocenters. The maximum absolute atomic E-state index is 11.4. The van der Waals surface area contributed by atoms with E-state index in [9.17, 15) is 8.42 Å². The number of nitrogens with one attached hydrogen (secondary N) is 1. The molecule has 4 nitrogen and oxygen atoms in total. The Morgan fingerprint density at radius 3 is 2.20 bits per heavy atom. The molecule has 0 amide bonds. The molecule has 0 radical (unpaired) electrons. The van der Waals surface area contributed by atoms with Gasteiger partial charge in [-0.1, -0.05) is 12.1 Å². The Labute approximate surface area is 121 Å². The highest BCUT2D eigenvalue weighted by Gasteiger charge is 2.39. The lowest BCUT2D eigenvalue weighted by atomic mass is 9.73. The van der Waals surface area contributed by atoms with Gasteiger partial charge in [-0.25, -0.2) is 8.42 Å². The minimum absolute atomic E-state index is 0.402. The summed E-state index contributed by atoms with van der Waals surface area (Å²) < 4.78 is 22.9. The summed E-state index contributed by atoms with van der Waals surface area (Å²) in [7, 11) is -3.08. The van der Waals surface area contributed by atoms with Gasteiger partial charge in [-0.3, -0.25) is 4.90 Å². The second-order valence-electron chi connectivity index (χ2n) is 6.30. The van der Waals surface area contributed by atoms with Gasteiger partial charge in [-0.15, -0.1) is 0 Å². The molecule has 0 saturated carbocycles. The number of benzene rings is 1. The van der Waals surface area contributed by atoms with Crippen LogP contribution in [0.15, 0.2) is 29.2 Å². The summed E-state index contributed by atoms with van der Waals surface area (Å²) in [5, 5.41) is 3.38. The molecule has 1 aromatic carbocycles. The highest BCUT2D eigenvalue weighted by atomic mass is 32.2. The molecule has 0 bridgehead atoms. The van der Waals surface area contributed by atoms with Crippen molar-refractivity contribution < 1.29 is 8.42 Å². The Hall–Kier alpha value is -0.910. The van der Waals surface area contributed by atoms with Gasteiger partial charge in [0.15, 0.2) is 9.84 Å². The number of sulfone groups is 1. The molecule has 20 heavy (non-hydrogen) atoms. The topological polar surface area (TPSA) is 49.4 Å². The van der Waals surface area contributed by atoms with Crippen LogP contribution in [0, 0.1) is 5.41 Å². The summed E-state index contributed by atoms with van der Waals surface area (Å²) in [5.41, 5.74) is 1.77. The van der Waals surface area contributed by atoms with Gasteiger partial charge >= 0.3 is 0 Å². The Balaban J connectivity index is 1.58. The third-order valence-electron chi connectivity index (χ3n) is 4.67. The van der Waals surface area contributed by atoms with E-state index in [0.717, 1.165) is 19.6 Å². The zero-order chi connectivity index (χ0) is 14.2. The zero-order valence-corrected chi connectivity index (χ0v) is 12.7. The van der Waals surface area contributed by atoms with Gasteiger partial charge < -0.3 is 5.32 Å². The lowest BCUT2D eigenvalue weighted by molar-refractivity contribution is 0.0520. The van der Waals surface area contributed by atoms with Crippen molar-refractivity contribution in [3.8, 4) is 0 Å². The van der Waals surface area contributed by atoms with Crippen LogP contribution in [-0.2, 0) is 16.4 Å². The average molecular weight is 294 g/mol. The first-order valence-corrected chi connectivity index (χ1v) is 9.08. The first-order valence-electron chi connectivity index (χ1n) is 7.19. The molecule has 0 atom stereocenters. The van der Waals surface area contributed by atoms with Crippen molar-refractivity contribution in [2.24, 2.45) is 5.41 Å². The van der Waals surface area contributed by atoms with Gasteiger partial charge in [0.25, 0.3) is 0 Å². The van der Waals surface area contributed by atoms with Crippen LogP contribution in [0.3, 0.4) is 0 Å². The lowest BCUT2D eigenvalue weighted by Gasteiger charge is -2.48. The fourth-order valence-electron chi connectivity index (χ4n) is 3.12. The van der Waals surface area contributed by atoms with Crippen molar-refractivity contribution in [2.75, 3.05) is 32.4 Å². The van der Waals surface area contributed by atoms with Crippen LogP contribution in [0.2, 0.25) is 0 Å². The molecule has 2 heterocycles. The first-order chi connectivity index (χ1) is 9.47. The van der Waals surface area contributed by atoms with Crippen molar-refractivity contribution in [2.45, 2.75) is 24.3 Å². The third kappa shape index (κ3) is 2.90. The van der Waals surface area contributed by atoms with Gasteiger partial charge in [-0.2, -0.15) is 0 Å². The SMILES string of the molecule is CS(=O)(=O)c1ccc(CN2CCC3(CC2)CNC3)cc1. The van der Waals surface area contributed by atoms with Crippen molar-refractivity contribution >= 4 is 9.84 Å².